The molecule has 1 saturated heterocycles. The standard InChI is InChI=1S/C16H21FN2O4/c1-11-8-12(15(20)21)10-19(9-11)16(22)18-6-7-23-14-5-3-2-4-13(14)17/h2-5,11-12H,6-10H2,1H3,(H,18,22)(H,20,21). The van der Waals surface area contributed by atoms with E-state index >= 15 is 0 Å². The summed E-state index contributed by atoms with van der Waals surface area (Å²) in [6.07, 6.45) is 0.579. The third-order valence-corrected chi connectivity index (χ3v) is 3.77. The first-order valence-electron chi connectivity index (χ1n) is 7.60. The van der Waals surface area contributed by atoms with Crippen molar-refractivity contribution in [1.82, 2.24) is 10.2 Å². The summed E-state index contributed by atoms with van der Waals surface area (Å²) in [7, 11) is 0. The van der Waals surface area contributed by atoms with Gasteiger partial charge in [-0.25, -0.2) is 9.18 Å². The fourth-order valence-corrected chi connectivity index (χ4v) is 2.69. The van der Waals surface area contributed by atoms with Gasteiger partial charge in [0.1, 0.15) is 6.61 Å². The molecule has 2 unspecified atom stereocenters. The average Bonchev–Trinajstić information content (AvgIpc) is 2.52. The Morgan fingerprint density at radius 3 is 2.83 bits per heavy atom. The van der Waals surface area contributed by atoms with Crippen molar-refractivity contribution in [1.29, 1.82) is 0 Å². The lowest BCUT2D eigenvalue weighted by Crippen LogP contribution is -2.50. The van der Waals surface area contributed by atoms with Gasteiger partial charge in [0.15, 0.2) is 11.6 Å². The monoisotopic (exact) mass is 324 g/mol. The number of rotatable bonds is 5. The highest BCUT2D eigenvalue weighted by atomic mass is 19.1. The first kappa shape index (κ1) is 17.1. The number of hydrogen-bond donors (Lipinski definition) is 2. The van der Waals surface area contributed by atoms with Crippen LogP contribution in [0.25, 0.3) is 0 Å². The number of carboxylic acids is 1. The normalized spacial score (nSPS) is 20.9. The molecule has 0 radical (unpaired) electrons. The van der Waals surface area contributed by atoms with Crippen molar-refractivity contribution in [2.45, 2.75) is 13.3 Å². The molecule has 0 saturated carbocycles. The summed E-state index contributed by atoms with van der Waals surface area (Å²) >= 11 is 0. The Balaban J connectivity index is 1.76. The minimum atomic E-state index is -0.878. The van der Waals surface area contributed by atoms with E-state index in [9.17, 15) is 14.0 Å². The maximum Gasteiger partial charge on any atom is 0.317 e. The van der Waals surface area contributed by atoms with Crippen LogP contribution in [-0.2, 0) is 4.79 Å². The highest BCUT2D eigenvalue weighted by Gasteiger charge is 2.31. The molecule has 6 nitrogen and oxygen atoms in total. The van der Waals surface area contributed by atoms with Crippen molar-refractivity contribution in [3.63, 3.8) is 0 Å². The van der Waals surface area contributed by atoms with Gasteiger partial charge in [0.2, 0.25) is 0 Å². The fourth-order valence-electron chi connectivity index (χ4n) is 2.69. The molecule has 2 amide bonds. The molecular weight excluding hydrogens is 303 g/mol. The van der Waals surface area contributed by atoms with Crippen molar-refractivity contribution in [2.24, 2.45) is 11.8 Å². The van der Waals surface area contributed by atoms with E-state index in [4.69, 9.17) is 9.84 Å². The third kappa shape index (κ3) is 4.84. The first-order chi connectivity index (χ1) is 11.0. The molecule has 0 spiro atoms. The van der Waals surface area contributed by atoms with Crippen molar-refractivity contribution in [2.75, 3.05) is 26.2 Å². The fraction of sp³-hybridized carbons (Fsp3) is 0.500. The molecule has 126 valence electrons. The van der Waals surface area contributed by atoms with Gasteiger partial charge >= 0.3 is 12.0 Å². The Labute approximate surface area is 134 Å². The van der Waals surface area contributed by atoms with Crippen LogP contribution in [0.2, 0.25) is 0 Å². The van der Waals surface area contributed by atoms with E-state index in [0.29, 0.717) is 13.0 Å². The number of halogens is 1. The Morgan fingerprint density at radius 1 is 1.39 bits per heavy atom. The molecule has 2 N–H and O–H groups in total. The molecule has 0 aliphatic carbocycles. The average molecular weight is 324 g/mol. The number of carbonyl (C=O) groups excluding carboxylic acids is 1. The number of nitrogens with zero attached hydrogens (tertiary/aromatic N) is 1. The lowest BCUT2D eigenvalue weighted by atomic mass is 9.91. The van der Waals surface area contributed by atoms with E-state index in [1.165, 1.54) is 17.0 Å². The number of aliphatic carboxylic acids is 1. The molecule has 0 aromatic heterocycles. The first-order valence-corrected chi connectivity index (χ1v) is 7.60. The highest BCUT2D eigenvalue weighted by Crippen LogP contribution is 2.21. The number of piperidine rings is 1. The second-order valence-electron chi connectivity index (χ2n) is 5.79. The SMILES string of the molecule is CC1CC(C(=O)O)CN(C(=O)NCCOc2ccccc2F)C1. The molecular formula is C16H21FN2O4. The predicted octanol–water partition coefficient (Wildman–Crippen LogP) is 1.96. The van der Waals surface area contributed by atoms with Crippen LogP contribution in [0.4, 0.5) is 9.18 Å². The summed E-state index contributed by atoms with van der Waals surface area (Å²) in [6.45, 7) is 3.02. The van der Waals surface area contributed by atoms with Gasteiger partial charge in [-0.05, 0) is 24.5 Å². The van der Waals surface area contributed by atoms with Crippen LogP contribution in [0.3, 0.4) is 0 Å². The maximum absolute atomic E-state index is 13.4. The van der Waals surface area contributed by atoms with Crippen LogP contribution in [0.1, 0.15) is 13.3 Å². The summed E-state index contributed by atoms with van der Waals surface area (Å²) in [5.41, 5.74) is 0. The number of carboxylic acid groups (broad SMARTS) is 1. The quantitative estimate of drug-likeness (QED) is 0.812. The number of hydrogen-bond acceptors (Lipinski definition) is 3. The second-order valence-corrected chi connectivity index (χ2v) is 5.79. The molecule has 0 bridgehead atoms. The minimum Gasteiger partial charge on any atom is -0.489 e. The number of amides is 2. The maximum atomic E-state index is 13.4. The zero-order valence-corrected chi connectivity index (χ0v) is 13.0. The van der Waals surface area contributed by atoms with Gasteiger partial charge in [-0.1, -0.05) is 19.1 Å². The van der Waals surface area contributed by atoms with Gasteiger partial charge in [0.25, 0.3) is 0 Å². The number of nitrogens with one attached hydrogen (secondary N) is 1. The molecule has 1 heterocycles. The molecule has 2 atom stereocenters. The van der Waals surface area contributed by atoms with E-state index in [2.05, 4.69) is 5.32 Å². The van der Waals surface area contributed by atoms with Gasteiger partial charge in [-0.15, -0.1) is 0 Å². The summed E-state index contributed by atoms with van der Waals surface area (Å²) in [5, 5.41) is 11.8. The van der Waals surface area contributed by atoms with E-state index < -0.39 is 17.7 Å². The number of para-hydroxylation sites is 1. The number of ether oxygens (including phenoxy) is 1. The van der Waals surface area contributed by atoms with Crippen molar-refractivity contribution < 1.29 is 23.8 Å². The van der Waals surface area contributed by atoms with E-state index in [-0.39, 0.29) is 37.4 Å². The third-order valence-electron chi connectivity index (χ3n) is 3.77. The minimum absolute atomic E-state index is 0.137. The summed E-state index contributed by atoms with van der Waals surface area (Å²) in [4.78, 5) is 24.7. The number of urea groups is 1. The van der Waals surface area contributed by atoms with Gasteiger partial charge in [-0.3, -0.25) is 4.79 Å². The van der Waals surface area contributed by atoms with Crippen LogP contribution in [-0.4, -0.2) is 48.2 Å². The van der Waals surface area contributed by atoms with Gasteiger partial charge < -0.3 is 20.1 Å². The van der Waals surface area contributed by atoms with Gasteiger partial charge in [0, 0.05) is 13.1 Å². The molecule has 7 heteroatoms. The molecule has 23 heavy (non-hydrogen) atoms. The Hall–Kier alpha value is -2.31. The number of benzene rings is 1. The molecule has 2 rings (SSSR count). The number of carbonyl (C=O) groups is 2. The topological polar surface area (TPSA) is 78.9 Å². The van der Waals surface area contributed by atoms with Crippen LogP contribution < -0.4 is 10.1 Å². The van der Waals surface area contributed by atoms with Crippen molar-refractivity contribution >= 4 is 12.0 Å². The highest BCUT2D eigenvalue weighted by molar-refractivity contribution is 5.76. The van der Waals surface area contributed by atoms with Crippen molar-refractivity contribution in [3.05, 3.63) is 30.1 Å². The van der Waals surface area contributed by atoms with E-state index in [0.717, 1.165) is 0 Å². The largest absolute Gasteiger partial charge is 0.489 e. The lowest BCUT2D eigenvalue weighted by Gasteiger charge is -2.34. The van der Waals surface area contributed by atoms with E-state index in [1.807, 2.05) is 6.92 Å². The second kappa shape index (κ2) is 7.80. The Morgan fingerprint density at radius 2 is 2.13 bits per heavy atom. The zero-order chi connectivity index (χ0) is 16.8. The van der Waals surface area contributed by atoms with Crippen LogP contribution in [0.15, 0.2) is 24.3 Å². The van der Waals surface area contributed by atoms with Gasteiger partial charge in [-0.2, -0.15) is 0 Å². The van der Waals surface area contributed by atoms with Crippen LogP contribution in [0, 0.1) is 17.7 Å². The molecule has 1 aromatic carbocycles. The molecule has 1 fully saturated rings. The van der Waals surface area contributed by atoms with Crippen LogP contribution in [0.5, 0.6) is 5.75 Å². The lowest BCUT2D eigenvalue weighted by molar-refractivity contribution is -0.143. The zero-order valence-electron chi connectivity index (χ0n) is 13.0. The van der Waals surface area contributed by atoms with E-state index in [1.54, 1.807) is 12.1 Å². The summed E-state index contributed by atoms with van der Waals surface area (Å²) in [6, 6.07) is 5.73. The smallest absolute Gasteiger partial charge is 0.317 e. The molecule has 1 aliphatic heterocycles. The summed E-state index contributed by atoms with van der Waals surface area (Å²) in [5.74, 6) is -1.58. The Bertz CT molecular complexity index is 567. The summed E-state index contributed by atoms with van der Waals surface area (Å²) < 4.78 is 18.6. The van der Waals surface area contributed by atoms with Gasteiger partial charge in [0.05, 0.1) is 12.5 Å². The predicted molar refractivity (Wildman–Crippen MR) is 81.8 cm³/mol. The molecule has 1 aromatic rings. The Kier molecular flexibility index (Phi) is 5.78. The molecule has 1 aliphatic rings. The van der Waals surface area contributed by atoms with Crippen molar-refractivity contribution in [3.8, 4) is 5.75 Å². The van der Waals surface area contributed by atoms with Crippen LogP contribution >= 0.6 is 0 Å². The number of likely N-dealkylation sites (tertiary alicyclic amines) is 1.